The molecule has 5 heteroatoms. The number of nitrogens with two attached hydrogens (primary N) is 1. The van der Waals surface area contributed by atoms with Crippen molar-refractivity contribution in [2.75, 3.05) is 13.1 Å². The molecule has 0 saturated heterocycles. The standard InChI is InChI=1S/C16H19N3OS/c17-18-16(20)15-14(7-10-21-15)11-19-8-5-12-3-1-2-4-13(12)6-9-19/h1-4,7,10H,5-6,8-9,11,17H2,(H,18,20). The van der Waals surface area contributed by atoms with Gasteiger partial charge in [-0.3, -0.25) is 15.1 Å². The third kappa shape index (κ3) is 3.15. The molecule has 0 bridgehead atoms. The fraction of sp³-hybridized carbons (Fsp3) is 0.312. The average molecular weight is 301 g/mol. The molecule has 1 aromatic heterocycles. The highest BCUT2D eigenvalue weighted by Crippen LogP contribution is 2.21. The maximum Gasteiger partial charge on any atom is 0.275 e. The molecule has 1 aliphatic heterocycles. The van der Waals surface area contributed by atoms with Gasteiger partial charge in [-0.15, -0.1) is 11.3 Å². The number of nitrogens with one attached hydrogen (secondary N) is 1. The van der Waals surface area contributed by atoms with Crippen LogP contribution in [0.5, 0.6) is 0 Å². The second kappa shape index (κ2) is 6.39. The van der Waals surface area contributed by atoms with Crippen molar-refractivity contribution in [3.63, 3.8) is 0 Å². The molecule has 1 aliphatic rings. The van der Waals surface area contributed by atoms with E-state index in [0.29, 0.717) is 0 Å². The van der Waals surface area contributed by atoms with E-state index in [0.717, 1.165) is 42.9 Å². The molecule has 0 aliphatic carbocycles. The van der Waals surface area contributed by atoms with Gasteiger partial charge in [0.1, 0.15) is 0 Å². The summed E-state index contributed by atoms with van der Waals surface area (Å²) in [5, 5.41) is 1.95. The van der Waals surface area contributed by atoms with E-state index in [1.54, 1.807) is 0 Å². The van der Waals surface area contributed by atoms with Crippen molar-refractivity contribution in [2.24, 2.45) is 5.84 Å². The topological polar surface area (TPSA) is 58.4 Å². The molecule has 0 unspecified atom stereocenters. The van der Waals surface area contributed by atoms with Gasteiger partial charge in [-0.2, -0.15) is 0 Å². The summed E-state index contributed by atoms with van der Waals surface area (Å²) in [7, 11) is 0. The number of rotatable bonds is 3. The first-order chi connectivity index (χ1) is 10.3. The number of nitrogens with zero attached hydrogens (tertiary/aromatic N) is 1. The van der Waals surface area contributed by atoms with E-state index < -0.39 is 0 Å². The van der Waals surface area contributed by atoms with Crippen LogP contribution in [0.3, 0.4) is 0 Å². The lowest BCUT2D eigenvalue weighted by Crippen LogP contribution is -2.31. The highest BCUT2D eigenvalue weighted by atomic mass is 32.1. The number of thiophene rings is 1. The van der Waals surface area contributed by atoms with Crippen molar-refractivity contribution in [3.8, 4) is 0 Å². The largest absolute Gasteiger partial charge is 0.298 e. The van der Waals surface area contributed by atoms with Gasteiger partial charge in [0.15, 0.2) is 0 Å². The van der Waals surface area contributed by atoms with E-state index in [1.165, 1.54) is 22.5 Å². The zero-order chi connectivity index (χ0) is 14.7. The molecule has 3 N–H and O–H groups in total. The molecule has 21 heavy (non-hydrogen) atoms. The lowest BCUT2D eigenvalue weighted by molar-refractivity contribution is 0.0956. The molecule has 1 amide bonds. The maximum absolute atomic E-state index is 11.7. The zero-order valence-corrected chi connectivity index (χ0v) is 12.7. The number of hydrogen-bond acceptors (Lipinski definition) is 4. The minimum atomic E-state index is -0.196. The molecule has 4 nitrogen and oxygen atoms in total. The smallest absolute Gasteiger partial charge is 0.275 e. The predicted octanol–water partition coefficient (Wildman–Crippen LogP) is 1.95. The Labute approximate surface area is 128 Å². The molecule has 0 radical (unpaired) electrons. The number of hydrazine groups is 1. The third-order valence-corrected chi connectivity index (χ3v) is 4.95. The Morgan fingerprint density at radius 1 is 1.19 bits per heavy atom. The highest BCUT2D eigenvalue weighted by molar-refractivity contribution is 7.12. The van der Waals surface area contributed by atoms with Crippen LogP contribution in [-0.4, -0.2) is 23.9 Å². The van der Waals surface area contributed by atoms with Crippen molar-refractivity contribution < 1.29 is 4.79 Å². The van der Waals surface area contributed by atoms with Gasteiger partial charge in [0.05, 0.1) is 4.88 Å². The number of carbonyl (C=O) groups is 1. The van der Waals surface area contributed by atoms with E-state index in [2.05, 4.69) is 34.6 Å². The molecule has 2 aromatic rings. The summed E-state index contributed by atoms with van der Waals surface area (Å²) in [6, 6.07) is 10.7. The monoisotopic (exact) mass is 301 g/mol. The van der Waals surface area contributed by atoms with Crippen LogP contribution in [0, 0.1) is 0 Å². The number of benzene rings is 1. The van der Waals surface area contributed by atoms with E-state index >= 15 is 0 Å². The van der Waals surface area contributed by atoms with E-state index in [-0.39, 0.29) is 5.91 Å². The quantitative estimate of drug-likeness (QED) is 0.517. The number of amides is 1. The number of carbonyl (C=O) groups excluding carboxylic acids is 1. The molecule has 110 valence electrons. The van der Waals surface area contributed by atoms with Gasteiger partial charge in [-0.1, -0.05) is 24.3 Å². The Balaban J connectivity index is 1.70. The van der Waals surface area contributed by atoms with Gasteiger partial charge >= 0.3 is 0 Å². The van der Waals surface area contributed by atoms with Crippen LogP contribution in [0.25, 0.3) is 0 Å². The Hall–Kier alpha value is -1.69. The van der Waals surface area contributed by atoms with Crippen molar-refractivity contribution in [1.82, 2.24) is 10.3 Å². The minimum Gasteiger partial charge on any atom is -0.298 e. The fourth-order valence-corrected chi connectivity index (χ4v) is 3.66. The molecular formula is C16H19N3OS. The lowest BCUT2D eigenvalue weighted by Gasteiger charge is -2.19. The number of nitrogen functional groups attached to an aromatic ring is 1. The fourth-order valence-electron chi connectivity index (χ4n) is 2.84. The number of fused-ring (bicyclic) bond motifs is 1. The Morgan fingerprint density at radius 2 is 1.86 bits per heavy atom. The lowest BCUT2D eigenvalue weighted by atomic mass is 10.0. The molecule has 0 saturated carbocycles. The van der Waals surface area contributed by atoms with E-state index in [4.69, 9.17) is 5.84 Å². The molecular weight excluding hydrogens is 282 g/mol. The molecule has 0 atom stereocenters. The number of hydrogen-bond donors (Lipinski definition) is 2. The van der Waals surface area contributed by atoms with Crippen LogP contribution in [0.1, 0.15) is 26.4 Å². The van der Waals surface area contributed by atoms with E-state index in [9.17, 15) is 4.79 Å². The third-order valence-electron chi connectivity index (χ3n) is 3.99. The van der Waals surface area contributed by atoms with Crippen molar-refractivity contribution in [3.05, 3.63) is 57.3 Å². The first-order valence-electron chi connectivity index (χ1n) is 7.14. The molecule has 0 fully saturated rings. The van der Waals surface area contributed by atoms with Gasteiger partial charge in [0.25, 0.3) is 5.91 Å². The van der Waals surface area contributed by atoms with Gasteiger partial charge in [-0.05, 0) is 41.0 Å². The van der Waals surface area contributed by atoms with Crippen LogP contribution in [0.4, 0.5) is 0 Å². The van der Waals surface area contributed by atoms with Crippen LogP contribution in [-0.2, 0) is 19.4 Å². The summed E-state index contributed by atoms with van der Waals surface area (Å²) in [5.41, 5.74) is 6.19. The Kier molecular flexibility index (Phi) is 4.34. The van der Waals surface area contributed by atoms with Gasteiger partial charge < -0.3 is 0 Å². The second-order valence-electron chi connectivity index (χ2n) is 5.29. The first-order valence-corrected chi connectivity index (χ1v) is 8.02. The molecule has 3 rings (SSSR count). The van der Waals surface area contributed by atoms with Gasteiger partial charge in [0, 0.05) is 19.6 Å². The van der Waals surface area contributed by atoms with Crippen LogP contribution in [0.2, 0.25) is 0 Å². The summed E-state index contributed by atoms with van der Waals surface area (Å²) in [4.78, 5) is 14.9. The predicted molar refractivity (Wildman–Crippen MR) is 85.1 cm³/mol. The Bertz CT molecular complexity index is 611. The van der Waals surface area contributed by atoms with Gasteiger partial charge in [0.2, 0.25) is 0 Å². The highest BCUT2D eigenvalue weighted by Gasteiger charge is 2.17. The summed E-state index contributed by atoms with van der Waals surface area (Å²) in [5.74, 6) is 5.05. The summed E-state index contributed by atoms with van der Waals surface area (Å²) in [6.45, 7) is 2.85. The minimum absolute atomic E-state index is 0.196. The first kappa shape index (κ1) is 14.3. The summed E-state index contributed by atoms with van der Waals surface area (Å²) >= 11 is 1.44. The maximum atomic E-state index is 11.7. The van der Waals surface area contributed by atoms with Crippen molar-refractivity contribution in [1.29, 1.82) is 0 Å². The SMILES string of the molecule is NNC(=O)c1sccc1CN1CCc2ccccc2CC1. The summed E-state index contributed by atoms with van der Waals surface area (Å²) in [6.07, 6.45) is 2.14. The second-order valence-corrected chi connectivity index (χ2v) is 6.21. The Morgan fingerprint density at radius 3 is 2.48 bits per heavy atom. The summed E-state index contributed by atoms with van der Waals surface area (Å²) < 4.78 is 0. The zero-order valence-electron chi connectivity index (χ0n) is 11.8. The van der Waals surface area contributed by atoms with Crippen LogP contribution >= 0.6 is 11.3 Å². The van der Waals surface area contributed by atoms with Crippen LogP contribution in [0.15, 0.2) is 35.7 Å². The average Bonchev–Trinajstić information content (AvgIpc) is 2.88. The normalized spacial score (nSPS) is 15.3. The molecule has 2 heterocycles. The van der Waals surface area contributed by atoms with Crippen molar-refractivity contribution in [2.45, 2.75) is 19.4 Å². The van der Waals surface area contributed by atoms with Crippen LogP contribution < -0.4 is 11.3 Å². The van der Waals surface area contributed by atoms with Crippen molar-refractivity contribution >= 4 is 17.2 Å². The molecule has 0 spiro atoms. The van der Waals surface area contributed by atoms with Gasteiger partial charge in [-0.25, -0.2) is 5.84 Å². The van der Waals surface area contributed by atoms with E-state index in [1.807, 2.05) is 11.4 Å². The molecule has 1 aromatic carbocycles.